The summed E-state index contributed by atoms with van der Waals surface area (Å²) in [5.74, 6) is -1.28. The van der Waals surface area contributed by atoms with Crippen molar-refractivity contribution in [3.8, 4) is 0 Å². The van der Waals surface area contributed by atoms with E-state index in [4.69, 9.17) is 0 Å². The molecule has 37 heavy (non-hydrogen) atoms. The molecule has 0 radical (unpaired) electrons. The minimum absolute atomic E-state index is 0.0799. The van der Waals surface area contributed by atoms with Gasteiger partial charge in [-0.25, -0.2) is 18.3 Å². The van der Waals surface area contributed by atoms with Crippen LogP contribution in [-0.2, 0) is 17.9 Å². The lowest BCUT2D eigenvalue weighted by molar-refractivity contribution is -0.117. The third kappa shape index (κ3) is 4.76. The molecule has 0 saturated heterocycles. The molecule has 4 aromatic rings. The van der Waals surface area contributed by atoms with E-state index in [1.165, 1.54) is 33.2 Å². The molecule has 1 fully saturated rings. The Morgan fingerprint density at radius 3 is 2.62 bits per heavy atom. The van der Waals surface area contributed by atoms with Gasteiger partial charge in [0, 0.05) is 23.8 Å². The van der Waals surface area contributed by atoms with E-state index in [9.17, 15) is 23.6 Å². The predicted octanol–water partition coefficient (Wildman–Crippen LogP) is 2.67. The maximum Gasteiger partial charge on any atom is 0.352 e. The van der Waals surface area contributed by atoms with Crippen LogP contribution in [0, 0.1) is 5.82 Å². The maximum absolute atomic E-state index is 13.5. The summed E-state index contributed by atoms with van der Waals surface area (Å²) in [5.41, 5.74) is -0.154. The van der Waals surface area contributed by atoms with Gasteiger partial charge in [0.05, 0.1) is 10.9 Å². The number of benzene rings is 2. The van der Waals surface area contributed by atoms with Gasteiger partial charge < -0.3 is 10.6 Å². The highest BCUT2D eigenvalue weighted by molar-refractivity contribution is 5.98. The standard InChI is InChI=1S/C26H27FN6O4/c1-2-12-31-24(36)20-11-10-16(23(35)29-18-7-3-4-8-18)13-21(20)33-25(31)30-32(26(33)37)15-22(34)28-19-9-5-6-17(27)14-19/h5-6,9-11,13-14,18H,2-4,7-8,12,15H2,1H3,(H,28,34)(H,29,35). The van der Waals surface area contributed by atoms with Gasteiger partial charge in [0.25, 0.3) is 11.5 Å². The van der Waals surface area contributed by atoms with Crippen molar-refractivity contribution >= 4 is 34.2 Å². The van der Waals surface area contributed by atoms with Gasteiger partial charge >= 0.3 is 5.69 Å². The van der Waals surface area contributed by atoms with Crippen molar-refractivity contribution in [1.29, 1.82) is 0 Å². The van der Waals surface area contributed by atoms with Crippen LogP contribution >= 0.6 is 0 Å². The summed E-state index contributed by atoms with van der Waals surface area (Å²) < 4.78 is 17.1. The van der Waals surface area contributed by atoms with Crippen LogP contribution in [0.3, 0.4) is 0 Å². The molecule has 192 valence electrons. The van der Waals surface area contributed by atoms with Crippen molar-refractivity contribution in [2.45, 2.75) is 58.2 Å². The van der Waals surface area contributed by atoms with Crippen LogP contribution in [0.4, 0.5) is 10.1 Å². The molecule has 2 amide bonds. The number of amides is 2. The number of hydrogen-bond donors (Lipinski definition) is 2. The summed E-state index contributed by atoms with van der Waals surface area (Å²) in [6.45, 7) is 1.76. The smallest absolute Gasteiger partial charge is 0.349 e. The molecule has 0 bridgehead atoms. The van der Waals surface area contributed by atoms with E-state index < -0.39 is 24.0 Å². The van der Waals surface area contributed by atoms with E-state index in [-0.39, 0.29) is 39.9 Å². The van der Waals surface area contributed by atoms with Gasteiger partial charge in [0.15, 0.2) is 0 Å². The van der Waals surface area contributed by atoms with Crippen LogP contribution in [0.25, 0.3) is 16.7 Å². The van der Waals surface area contributed by atoms with Crippen molar-refractivity contribution in [1.82, 2.24) is 24.1 Å². The Balaban J connectivity index is 1.57. The van der Waals surface area contributed by atoms with Gasteiger partial charge in [-0.15, -0.1) is 5.10 Å². The first-order valence-electron chi connectivity index (χ1n) is 12.4. The second-order valence-corrected chi connectivity index (χ2v) is 9.28. The van der Waals surface area contributed by atoms with Crippen LogP contribution < -0.4 is 21.9 Å². The molecule has 2 N–H and O–H groups in total. The Morgan fingerprint density at radius 1 is 1.11 bits per heavy atom. The molecular weight excluding hydrogens is 479 g/mol. The van der Waals surface area contributed by atoms with Crippen LogP contribution in [0.1, 0.15) is 49.4 Å². The van der Waals surface area contributed by atoms with Crippen molar-refractivity contribution in [2.75, 3.05) is 5.32 Å². The van der Waals surface area contributed by atoms with Gasteiger partial charge in [-0.1, -0.05) is 25.8 Å². The number of aryl methyl sites for hydroxylation is 1. The van der Waals surface area contributed by atoms with Crippen molar-refractivity contribution in [2.24, 2.45) is 0 Å². The summed E-state index contributed by atoms with van der Waals surface area (Å²) in [7, 11) is 0. The van der Waals surface area contributed by atoms with E-state index >= 15 is 0 Å². The number of nitrogens with zero attached hydrogens (tertiary/aromatic N) is 4. The van der Waals surface area contributed by atoms with Gasteiger partial charge in [-0.05, 0) is 55.7 Å². The second-order valence-electron chi connectivity index (χ2n) is 9.28. The monoisotopic (exact) mass is 506 g/mol. The average molecular weight is 507 g/mol. The SMILES string of the molecule is CCCn1c(=O)c2ccc(C(=O)NC3CCCC3)cc2n2c(=O)n(CC(=O)Nc3cccc(F)c3)nc12. The first-order valence-corrected chi connectivity index (χ1v) is 12.4. The number of aromatic nitrogens is 4. The zero-order chi connectivity index (χ0) is 26.1. The molecule has 5 rings (SSSR count). The lowest BCUT2D eigenvalue weighted by atomic mass is 10.1. The molecule has 0 spiro atoms. The molecule has 1 saturated carbocycles. The Morgan fingerprint density at radius 2 is 1.89 bits per heavy atom. The summed E-state index contributed by atoms with van der Waals surface area (Å²) in [5, 5.41) is 10.1. The normalized spacial score (nSPS) is 13.9. The molecule has 1 aliphatic carbocycles. The number of rotatable bonds is 7. The Hall–Kier alpha value is -4.28. The highest BCUT2D eigenvalue weighted by Crippen LogP contribution is 2.19. The summed E-state index contributed by atoms with van der Waals surface area (Å²) in [6.07, 6.45) is 4.61. The Bertz CT molecular complexity index is 1630. The topological polar surface area (TPSA) is 120 Å². The first-order chi connectivity index (χ1) is 17.9. The third-order valence-corrected chi connectivity index (χ3v) is 6.58. The van der Waals surface area contributed by atoms with E-state index in [2.05, 4.69) is 15.7 Å². The quantitative estimate of drug-likeness (QED) is 0.399. The fourth-order valence-electron chi connectivity index (χ4n) is 4.83. The van der Waals surface area contributed by atoms with Crippen LogP contribution in [0.2, 0.25) is 0 Å². The number of halogens is 1. The highest BCUT2D eigenvalue weighted by Gasteiger charge is 2.22. The minimum atomic E-state index is -0.632. The van der Waals surface area contributed by atoms with E-state index in [1.807, 2.05) is 6.92 Å². The molecule has 10 nitrogen and oxygen atoms in total. The fraction of sp³-hybridized carbons (Fsp3) is 0.346. The molecule has 2 heterocycles. The molecule has 0 unspecified atom stereocenters. The lowest BCUT2D eigenvalue weighted by Gasteiger charge is -2.13. The lowest BCUT2D eigenvalue weighted by Crippen LogP contribution is -2.33. The zero-order valence-corrected chi connectivity index (χ0v) is 20.4. The molecule has 2 aromatic heterocycles. The molecule has 1 aliphatic rings. The van der Waals surface area contributed by atoms with Crippen molar-refractivity contribution in [3.05, 3.63) is 74.7 Å². The Kier molecular flexibility index (Phi) is 6.60. The van der Waals surface area contributed by atoms with Gasteiger partial charge in [0.2, 0.25) is 11.7 Å². The molecule has 2 aromatic carbocycles. The molecule has 0 atom stereocenters. The van der Waals surface area contributed by atoms with E-state index in [0.29, 0.717) is 18.5 Å². The summed E-state index contributed by atoms with van der Waals surface area (Å²) in [4.78, 5) is 52.2. The number of fused-ring (bicyclic) bond motifs is 3. The minimum Gasteiger partial charge on any atom is -0.349 e. The van der Waals surface area contributed by atoms with E-state index in [1.54, 1.807) is 12.1 Å². The van der Waals surface area contributed by atoms with Gasteiger partial charge in [-0.3, -0.25) is 19.0 Å². The van der Waals surface area contributed by atoms with Crippen LogP contribution in [0.15, 0.2) is 52.1 Å². The second kappa shape index (κ2) is 10.00. The Labute approximate surface area is 210 Å². The summed E-state index contributed by atoms with van der Waals surface area (Å²) in [6, 6.07) is 10.2. The van der Waals surface area contributed by atoms with E-state index in [0.717, 1.165) is 36.4 Å². The van der Waals surface area contributed by atoms with Crippen LogP contribution in [0.5, 0.6) is 0 Å². The molecule has 11 heteroatoms. The van der Waals surface area contributed by atoms with Gasteiger partial charge in [0.1, 0.15) is 12.4 Å². The summed E-state index contributed by atoms with van der Waals surface area (Å²) >= 11 is 0. The largest absolute Gasteiger partial charge is 0.352 e. The number of carbonyl (C=O) groups is 2. The zero-order valence-electron chi connectivity index (χ0n) is 20.4. The number of carbonyl (C=O) groups excluding carboxylic acids is 2. The predicted molar refractivity (Wildman–Crippen MR) is 136 cm³/mol. The van der Waals surface area contributed by atoms with Crippen molar-refractivity contribution < 1.29 is 14.0 Å². The third-order valence-electron chi connectivity index (χ3n) is 6.58. The molecule has 0 aliphatic heterocycles. The fourth-order valence-corrected chi connectivity index (χ4v) is 4.83. The van der Waals surface area contributed by atoms with Crippen molar-refractivity contribution in [3.63, 3.8) is 0 Å². The molecular formula is C26H27FN6O4. The van der Waals surface area contributed by atoms with Crippen LogP contribution in [-0.4, -0.2) is 36.6 Å². The maximum atomic E-state index is 13.5. The number of anilines is 1. The first kappa shape index (κ1) is 24.4. The number of hydrogen-bond acceptors (Lipinski definition) is 5. The highest BCUT2D eigenvalue weighted by atomic mass is 19.1. The average Bonchev–Trinajstić information content (AvgIpc) is 3.49. The number of nitrogens with one attached hydrogen (secondary N) is 2. The van der Waals surface area contributed by atoms with Gasteiger partial charge in [-0.2, -0.15) is 0 Å².